The largest absolute Gasteiger partial charge is 0.494 e. The summed E-state index contributed by atoms with van der Waals surface area (Å²) >= 11 is 0. The maximum atomic E-state index is 12.2. The Kier molecular flexibility index (Phi) is 5.52. The molecule has 1 saturated heterocycles. The van der Waals surface area contributed by atoms with Gasteiger partial charge in [0.15, 0.2) is 0 Å². The number of rotatable bonds is 6. The average molecular weight is 473 g/mol. The summed E-state index contributed by atoms with van der Waals surface area (Å²) in [5, 5.41) is 9.77. The van der Waals surface area contributed by atoms with Gasteiger partial charge in [-0.3, -0.25) is 0 Å². The van der Waals surface area contributed by atoms with Crippen molar-refractivity contribution in [2.75, 3.05) is 27.3 Å². The van der Waals surface area contributed by atoms with Gasteiger partial charge in [-0.05, 0) is 75.2 Å². The number of para-hydroxylation sites is 1. The summed E-state index contributed by atoms with van der Waals surface area (Å²) in [6.07, 6.45) is 6.65. The Labute approximate surface area is 205 Å². The number of fused-ring (bicyclic) bond motifs is 2. The van der Waals surface area contributed by atoms with Gasteiger partial charge in [-0.25, -0.2) is 9.31 Å². The van der Waals surface area contributed by atoms with Crippen LogP contribution >= 0.6 is 0 Å². The first kappa shape index (κ1) is 22.2. The fraction of sp³-hybridized carbons (Fsp3) is 0.429. The molecule has 0 amide bonds. The summed E-state index contributed by atoms with van der Waals surface area (Å²) in [7, 11) is 3.01. The molecule has 7 heteroatoms. The molecule has 1 N–H and O–H groups in total. The molecular weight excluding hydrogens is 440 g/mol. The second kappa shape index (κ2) is 8.72. The summed E-state index contributed by atoms with van der Waals surface area (Å²) in [6, 6.07) is 10.8. The Bertz CT molecular complexity index is 1420. The maximum Gasteiger partial charge on any atom is 0.339 e. The number of carbonyl (C=O) groups is 1. The zero-order chi connectivity index (χ0) is 24.1. The number of carbonyl (C=O) groups excluding carboxylic acids is 1. The van der Waals surface area contributed by atoms with Gasteiger partial charge in [0.2, 0.25) is 0 Å². The number of aromatic nitrogens is 3. The van der Waals surface area contributed by atoms with E-state index in [1.54, 1.807) is 23.9 Å². The number of nitrogens with zero attached hydrogens (tertiary/aromatic N) is 3. The Morgan fingerprint density at radius 2 is 1.91 bits per heavy atom. The Balaban J connectivity index is 1.57. The van der Waals surface area contributed by atoms with Crippen LogP contribution in [0.1, 0.15) is 53.1 Å². The molecule has 4 heterocycles. The van der Waals surface area contributed by atoms with E-state index in [2.05, 4.69) is 41.1 Å². The van der Waals surface area contributed by atoms with Crippen LogP contribution in [0.3, 0.4) is 0 Å². The topological polar surface area (TPSA) is 69.8 Å². The Hall–Kier alpha value is -3.32. The predicted molar refractivity (Wildman–Crippen MR) is 136 cm³/mol. The molecule has 2 fully saturated rings. The Morgan fingerprint density at radius 3 is 2.63 bits per heavy atom. The molecule has 0 radical (unpaired) electrons. The van der Waals surface area contributed by atoms with E-state index < -0.39 is 5.97 Å². The van der Waals surface area contributed by atoms with Crippen LogP contribution in [-0.4, -0.2) is 47.5 Å². The molecule has 0 atom stereocenters. The first-order chi connectivity index (χ1) is 17.1. The molecule has 1 aliphatic carbocycles. The quantitative estimate of drug-likeness (QED) is 0.403. The number of pyridine rings is 1. The molecular formula is C28H32N4O3. The molecule has 0 spiro atoms. The van der Waals surface area contributed by atoms with Crippen LogP contribution in [0.5, 0.6) is 5.75 Å². The fourth-order valence-corrected chi connectivity index (χ4v) is 5.68. The van der Waals surface area contributed by atoms with Crippen molar-refractivity contribution < 1.29 is 14.3 Å². The predicted octanol–water partition coefficient (Wildman–Crippen LogP) is 4.94. The lowest BCUT2D eigenvalue weighted by molar-refractivity contribution is 0.0599. The zero-order valence-electron chi connectivity index (χ0n) is 20.6. The Morgan fingerprint density at radius 1 is 1.11 bits per heavy atom. The van der Waals surface area contributed by atoms with Gasteiger partial charge < -0.3 is 19.4 Å². The van der Waals surface area contributed by atoms with Crippen molar-refractivity contribution in [3.8, 4) is 17.1 Å². The van der Waals surface area contributed by atoms with Crippen LogP contribution < -0.4 is 10.1 Å². The van der Waals surface area contributed by atoms with E-state index in [9.17, 15) is 4.79 Å². The van der Waals surface area contributed by atoms with Crippen LogP contribution in [0.2, 0.25) is 0 Å². The standard InChI is InChI=1S/C28H32N4O3/c1-17-25(30-32-16-21(28(33)35-3)14-24(34-2)26(17)32)23-13-20-5-4-6-22(19-9-11-29-12-10-19)27(20)31(23)15-18-7-8-18/h4-6,13-14,16,18-19,29H,7-12,15H2,1-3H3. The molecule has 7 nitrogen and oxygen atoms in total. The van der Waals surface area contributed by atoms with Crippen molar-refractivity contribution in [2.45, 2.75) is 45.1 Å². The van der Waals surface area contributed by atoms with Crippen molar-refractivity contribution in [1.82, 2.24) is 19.5 Å². The molecule has 6 rings (SSSR count). The second-order valence-corrected chi connectivity index (χ2v) is 9.95. The molecule has 35 heavy (non-hydrogen) atoms. The summed E-state index contributed by atoms with van der Waals surface area (Å²) in [5.41, 5.74) is 7.22. The molecule has 0 unspecified atom stereocenters. The lowest BCUT2D eigenvalue weighted by atomic mass is 9.89. The second-order valence-electron chi connectivity index (χ2n) is 9.95. The lowest BCUT2D eigenvalue weighted by Crippen LogP contribution is -2.26. The minimum absolute atomic E-state index is 0.408. The number of piperidine rings is 1. The van der Waals surface area contributed by atoms with Crippen LogP contribution in [-0.2, 0) is 11.3 Å². The molecule has 1 aliphatic heterocycles. The summed E-state index contributed by atoms with van der Waals surface area (Å²) < 4.78 is 14.9. The monoisotopic (exact) mass is 472 g/mol. The maximum absolute atomic E-state index is 12.2. The number of aryl methyl sites for hydroxylation is 1. The van der Waals surface area contributed by atoms with Crippen molar-refractivity contribution in [1.29, 1.82) is 0 Å². The van der Waals surface area contributed by atoms with Gasteiger partial charge in [-0.1, -0.05) is 18.2 Å². The van der Waals surface area contributed by atoms with Crippen LogP contribution in [0, 0.1) is 12.8 Å². The number of esters is 1. The van der Waals surface area contributed by atoms with Gasteiger partial charge in [0.25, 0.3) is 0 Å². The van der Waals surface area contributed by atoms with Crippen molar-refractivity contribution in [3.05, 3.63) is 53.2 Å². The number of nitrogens with one attached hydrogen (secondary N) is 1. The van der Waals surface area contributed by atoms with E-state index in [-0.39, 0.29) is 0 Å². The molecule has 2 aliphatic rings. The van der Waals surface area contributed by atoms with Gasteiger partial charge in [-0.15, -0.1) is 0 Å². The molecule has 1 saturated carbocycles. The van der Waals surface area contributed by atoms with Crippen molar-refractivity contribution in [2.24, 2.45) is 5.92 Å². The number of hydrogen-bond acceptors (Lipinski definition) is 5. The number of hydrogen-bond donors (Lipinski definition) is 1. The summed E-state index contributed by atoms with van der Waals surface area (Å²) in [5.74, 6) is 1.51. The van der Waals surface area contributed by atoms with E-state index in [1.807, 2.05) is 0 Å². The number of methoxy groups -OCH3 is 2. The third kappa shape index (κ3) is 3.78. The normalized spacial score (nSPS) is 16.8. The van der Waals surface area contributed by atoms with Crippen LogP contribution in [0.4, 0.5) is 0 Å². The average Bonchev–Trinajstić information content (AvgIpc) is 3.56. The van der Waals surface area contributed by atoms with E-state index in [1.165, 1.54) is 49.3 Å². The van der Waals surface area contributed by atoms with Gasteiger partial charge in [-0.2, -0.15) is 5.10 Å². The number of benzene rings is 1. The molecule has 1 aromatic carbocycles. The minimum Gasteiger partial charge on any atom is -0.494 e. The molecule has 3 aromatic heterocycles. The lowest BCUT2D eigenvalue weighted by Gasteiger charge is -2.24. The summed E-state index contributed by atoms with van der Waals surface area (Å²) in [4.78, 5) is 12.2. The highest BCUT2D eigenvalue weighted by molar-refractivity contribution is 5.93. The molecule has 182 valence electrons. The highest BCUT2D eigenvalue weighted by atomic mass is 16.5. The first-order valence-electron chi connectivity index (χ1n) is 12.6. The van der Waals surface area contributed by atoms with Gasteiger partial charge in [0, 0.05) is 23.7 Å². The first-order valence-corrected chi connectivity index (χ1v) is 12.6. The van der Waals surface area contributed by atoms with Crippen molar-refractivity contribution >= 4 is 22.4 Å². The van der Waals surface area contributed by atoms with Crippen molar-refractivity contribution in [3.63, 3.8) is 0 Å². The van der Waals surface area contributed by atoms with E-state index in [0.717, 1.165) is 48.0 Å². The van der Waals surface area contributed by atoms with E-state index >= 15 is 0 Å². The summed E-state index contributed by atoms with van der Waals surface area (Å²) in [6.45, 7) is 5.25. The smallest absolute Gasteiger partial charge is 0.339 e. The van der Waals surface area contributed by atoms with Gasteiger partial charge in [0.05, 0.1) is 31.0 Å². The highest BCUT2D eigenvalue weighted by Crippen LogP contribution is 2.41. The van der Waals surface area contributed by atoms with Crippen LogP contribution in [0.15, 0.2) is 36.5 Å². The third-order valence-corrected chi connectivity index (χ3v) is 7.68. The SMILES string of the molecule is COC(=O)c1cc(OC)c2c(C)c(-c3cc4cccc(C5CCNCC5)c4n3CC3CC3)nn2c1. The van der Waals surface area contributed by atoms with Gasteiger partial charge in [0.1, 0.15) is 17.0 Å². The van der Waals surface area contributed by atoms with E-state index in [4.69, 9.17) is 14.6 Å². The van der Waals surface area contributed by atoms with Gasteiger partial charge >= 0.3 is 5.97 Å². The van der Waals surface area contributed by atoms with E-state index in [0.29, 0.717) is 17.2 Å². The molecule has 4 aromatic rings. The number of ether oxygens (including phenoxy) is 2. The fourth-order valence-electron chi connectivity index (χ4n) is 5.68. The van der Waals surface area contributed by atoms with Crippen LogP contribution in [0.25, 0.3) is 27.8 Å². The third-order valence-electron chi connectivity index (χ3n) is 7.68. The zero-order valence-corrected chi connectivity index (χ0v) is 20.6. The molecule has 0 bridgehead atoms. The minimum atomic E-state index is -0.408. The highest BCUT2D eigenvalue weighted by Gasteiger charge is 2.28.